The second-order valence-electron chi connectivity index (χ2n) is 4.64. The lowest BCUT2D eigenvalue weighted by atomic mass is 10.3. The third-order valence-electron chi connectivity index (χ3n) is 2.89. The van der Waals surface area contributed by atoms with Gasteiger partial charge in [0, 0.05) is 19.5 Å². The minimum atomic E-state index is -0.0259. The molecular weight excluding hydrogens is 274 g/mol. The molecule has 0 spiro atoms. The first-order chi connectivity index (χ1) is 9.69. The lowest BCUT2D eigenvalue weighted by molar-refractivity contribution is -0.121. The molecule has 0 aliphatic rings. The Bertz CT molecular complexity index is 537. The van der Waals surface area contributed by atoms with Gasteiger partial charge in [-0.3, -0.25) is 9.69 Å². The monoisotopic (exact) mass is 293 g/mol. The Morgan fingerprint density at radius 2 is 2.25 bits per heavy atom. The van der Waals surface area contributed by atoms with E-state index in [4.69, 9.17) is 5.11 Å². The van der Waals surface area contributed by atoms with Crippen molar-refractivity contribution in [2.75, 3.05) is 33.3 Å². The topological polar surface area (TPSA) is 65.5 Å². The maximum atomic E-state index is 11.6. The fraction of sp³-hybridized carbons (Fsp3) is 0.429. The molecule has 0 bridgehead atoms. The van der Waals surface area contributed by atoms with Crippen molar-refractivity contribution in [1.29, 1.82) is 0 Å². The fourth-order valence-electron chi connectivity index (χ4n) is 1.89. The lowest BCUT2D eigenvalue weighted by Gasteiger charge is -2.14. The first kappa shape index (κ1) is 14.9. The summed E-state index contributed by atoms with van der Waals surface area (Å²) in [5, 5.41) is 12.7. The number of carbonyl (C=O) groups excluding carboxylic acids is 1. The van der Waals surface area contributed by atoms with Gasteiger partial charge in [-0.15, -0.1) is 11.3 Å². The molecule has 1 aromatic carbocycles. The first-order valence-electron chi connectivity index (χ1n) is 6.59. The Kier molecular flexibility index (Phi) is 5.46. The predicted molar refractivity (Wildman–Crippen MR) is 80.9 cm³/mol. The van der Waals surface area contributed by atoms with Crippen molar-refractivity contribution in [2.45, 2.75) is 6.42 Å². The summed E-state index contributed by atoms with van der Waals surface area (Å²) in [4.78, 5) is 17.9. The Labute approximate surface area is 122 Å². The third-order valence-corrected chi connectivity index (χ3v) is 3.99. The van der Waals surface area contributed by atoms with E-state index >= 15 is 0 Å². The molecule has 2 N–H and O–H groups in total. The van der Waals surface area contributed by atoms with Crippen molar-refractivity contribution < 1.29 is 9.90 Å². The number of benzene rings is 1. The van der Waals surface area contributed by atoms with E-state index in [9.17, 15) is 4.79 Å². The number of aliphatic hydroxyl groups excluding tert-OH is 1. The molecule has 0 saturated carbocycles. The fourth-order valence-corrected chi connectivity index (χ4v) is 2.85. The number of para-hydroxylation sites is 1. The molecule has 0 radical (unpaired) electrons. The van der Waals surface area contributed by atoms with Crippen molar-refractivity contribution in [3.63, 3.8) is 0 Å². The highest BCUT2D eigenvalue weighted by Gasteiger charge is 2.07. The quantitative estimate of drug-likeness (QED) is 0.795. The molecule has 0 unspecified atom stereocenters. The van der Waals surface area contributed by atoms with E-state index in [1.54, 1.807) is 16.2 Å². The number of likely N-dealkylation sites (N-methyl/N-ethyl adjacent to an activating group) is 1. The zero-order chi connectivity index (χ0) is 14.4. The second-order valence-corrected chi connectivity index (χ2v) is 5.75. The number of fused-ring (bicyclic) bond motifs is 1. The van der Waals surface area contributed by atoms with Gasteiger partial charge in [-0.2, -0.15) is 0 Å². The molecule has 6 heteroatoms. The van der Waals surface area contributed by atoms with Gasteiger partial charge in [-0.05, 0) is 19.2 Å². The summed E-state index contributed by atoms with van der Waals surface area (Å²) in [6, 6.07) is 8.03. The number of rotatable bonds is 7. The molecule has 5 nitrogen and oxygen atoms in total. The molecule has 1 heterocycles. The lowest BCUT2D eigenvalue weighted by Crippen LogP contribution is -2.37. The van der Waals surface area contributed by atoms with E-state index in [1.807, 2.05) is 25.2 Å². The molecule has 0 atom stereocenters. The van der Waals surface area contributed by atoms with Crippen LogP contribution in [0.4, 0.5) is 0 Å². The van der Waals surface area contributed by atoms with Crippen LogP contribution in [0.1, 0.15) is 5.01 Å². The SMILES string of the molecule is CN(CCO)CC(=O)NCCc1nc2ccccc2s1. The maximum absolute atomic E-state index is 11.6. The van der Waals surface area contributed by atoms with Crippen molar-refractivity contribution in [3.05, 3.63) is 29.3 Å². The molecule has 2 aromatic rings. The number of aliphatic hydroxyl groups is 1. The van der Waals surface area contributed by atoms with E-state index in [1.165, 1.54) is 4.70 Å². The molecule has 108 valence electrons. The van der Waals surface area contributed by atoms with E-state index in [0.29, 0.717) is 19.6 Å². The van der Waals surface area contributed by atoms with Gasteiger partial charge >= 0.3 is 0 Å². The van der Waals surface area contributed by atoms with Gasteiger partial charge in [0.25, 0.3) is 0 Å². The van der Waals surface area contributed by atoms with Gasteiger partial charge in [0.1, 0.15) is 0 Å². The van der Waals surface area contributed by atoms with Crippen LogP contribution in [-0.2, 0) is 11.2 Å². The standard InChI is InChI=1S/C14H19N3O2S/c1-17(8-9-18)10-13(19)15-7-6-14-16-11-4-2-3-5-12(11)20-14/h2-5,18H,6-10H2,1H3,(H,15,19). The smallest absolute Gasteiger partial charge is 0.234 e. The Morgan fingerprint density at radius 1 is 1.45 bits per heavy atom. The number of hydrogen-bond donors (Lipinski definition) is 2. The molecule has 0 saturated heterocycles. The van der Waals surface area contributed by atoms with Gasteiger partial charge < -0.3 is 10.4 Å². The van der Waals surface area contributed by atoms with E-state index in [0.717, 1.165) is 16.9 Å². The van der Waals surface area contributed by atoms with Gasteiger partial charge in [0.15, 0.2) is 0 Å². The summed E-state index contributed by atoms with van der Waals surface area (Å²) in [6.45, 7) is 1.47. The second kappa shape index (κ2) is 7.33. The highest BCUT2D eigenvalue weighted by Crippen LogP contribution is 2.21. The molecule has 2 rings (SSSR count). The van der Waals surface area contributed by atoms with Crippen molar-refractivity contribution in [3.8, 4) is 0 Å². The van der Waals surface area contributed by atoms with Gasteiger partial charge in [-0.1, -0.05) is 12.1 Å². The first-order valence-corrected chi connectivity index (χ1v) is 7.41. The molecule has 20 heavy (non-hydrogen) atoms. The Hall–Kier alpha value is -1.50. The number of carbonyl (C=O) groups is 1. The van der Waals surface area contributed by atoms with Gasteiger partial charge in [0.2, 0.25) is 5.91 Å². The van der Waals surface area contributed by atoms with Crippen molar-refractivity contribution >= 4 is 27.5 Å². The molecule has 0 aliphatic heterocycles. The Morgan fingerprint density at radius 3 is 3.00 bits per heavy atom. The molecule has 1 aromatic heterocycles. The number of hydrogen-bond acceptors (Lipinski definition) is 5. The summed E-state index contributed by atoms with van der Waals surface area (Å²) in [5.74, 6) is -0.0259. The van der Waals surface area contributed by atoms with Crippen LogP contribution < -0.4 is 5.32 Å². The number of amides is 1. The van der Waals surface area contributed by atoms with Crippen molar-refractivity contribution in [1.82, 2.24) is 15.2 Å². The number of aromatic nitrogens is 1. The van der Waals surface area contributed by atoms with Crippen LogP contribution >= 0.6 is 11.3 Å². The van der Waals surface area contributed by atoms with E-state index in [-0.39, 0.29) is 12.5 Å². The highest BCUT2D eigenvalue weighted by molar-refractivity contribution is 7.18. The van der Waals surface area contributed by atoms with Crippen LogP contribution in [-0.4, -0.2) is 54.2 Å². The Balaban J connectivity index is 1.76. The summed E-state index contributed by atoms with van der Waals surface area (Å²) < 4.78 is 1.18. The number of thiazole rings is 1. The predicted octanol–water partition coefficient (Wildman–Crippen LogP) is 0.879. The zero-order valence-electron chi connectivity index (χ0n) is 11.5. The third kappa shape index (κ3) is 4.26. The normalized spacial score (nSPS) is 11.2. The van der Waals surface area contributed by atoms with Crippen LogP contribution in [0.3, 0.4) is 0 Å². The van der Waals surface area contributed by atoms with Gasteiger partial charge in [0.05, 0.1) is 28.4 Å². The maximum Gasteiger partial charge on any atom is 0.234 e. The molecule has 0 fully saturated rings. The summed E-state index contributed by atoms with van der Waals surface area (Å²) in [7, 11) is 1.81. The molecule has 1 amide bonds. The van der Waals surface area contributed by atoms with Gasteiger partial charge in [-0.25, -0.2) is 4.98 Å². The summed E-state index contributed by atoms with van der Waals surface area (Å²) >= 11 is 1.67. The van der Waals surface area contributed by atoms with Crippen LogP contribution in [0.5, 0.6) is 0 Å². The number of nitrogens with one attached hydrogen (secondary N) is 1. The summed E-state index contributed by atoms with van der Waals surface area (Å²) in [5.41, 5.74) is 1.02. The largest absolute Gasteiger partial charge is 0.395 e. The molecule has 0 aliphatic carbocycles. The van der Waals surface area contributed by atoms with Crippen molar-refractivity contribution in [2.24, 2.45) is 0 Å². The zero-order valence-corrected chi connectivity index (χ0v) is 12.3. The average molecular weight is 293 g/mol. The van der Waals surface area contributed by atoms with Crippen LogP contribution in [0.25, 0.3) is 10.2 Å². The van der Waals surface area contributed by atoms with E-state index < -0.39 is 0 Å². The van der Waals surface area contributed by atoms with Crippen LogP contribution in [0, 0.1) is 0 Å². The average Bonchev–Trinajstić information content (AvgIpc) is 2.81. The van der Waals surface area contributed by atoms with Crippen LogP contribution in [0.2, 0.25) is 0 Å². The molecular formula is C14H19N3O2S. The number of nitrogens with zero attached hydrogens (tertiary/aromatic N) is 2. The van der Waals surface area contributed by atoms with E-state index in [2.05, 4.69) is 16.4 Å². The minimum absolute atomic E-state index is 0.0259. The summed E-state index contributed by atoms with van der Waals surface area (Å²) in [6.07, 6.45) is 0.745. The van der Waals surface area contributed by atoms with Crippen LogP contribution in [0.15, 0.2) is 24.3 Å². The highest BCUT2D eigenvalue weighted by atomic mass is 32.1. The minimum Gasteiger partial charge on any atom is -0.395 e.